The van der Waals surface area contributed by atoms with Crippen molar-refractivity contribution in [2.45, 2.75) is 44.7 Å². The molecule has 1 aliphatic rings. The van der Waals surface area contributed by atoms with Gasteiger partial charge >= 0.3 is 0 Å². The molecule has 90 valence electrons. The number of nitriles is 1. The smallest absolute Gasteiger partial charge is 0.109 e. The van der Waals surface area contributed by atoms with E-state index >= 15 is 0 Å². The van der Waals surface area contributed by atoms with Crippen LogP contribution in [0, 0.1) is 17.2 Å². The highest BCUT2D eigenvalue weighted by molar-refractivity contribution is 5.21. The zero-order valence-corrected chi connectivity index (χ0v) is 10.6. The van der Waals surface area contributed by atoms with Crippen LogP contribution in [0.4, 0.5) is 0 Å². The van der Waals surface area contributed by atoms with E-state index in [1.165, 1.54) is 5.56 Å². The first-order chi connectivity index (χ1) is 8.18. The molecular formula is C15H20N2. The van der Waals surface area contributed by atoms with E-state index in [-0.39, 0.29) is 11.6 Å². The SMILES string of the molecule is C[C@@H](N[C@@]1(C#N)CCC[C@@H]1C)c1ccccc1. The fourth-order valence-electron chi connectivity index (χ4n) is 2.80. The minimum absolute atomic E-state index is 0.233. The lowest BCUT2D eigenvalue weighted by molar-refractivity contribution is 0.306. The van der Waals surface area contributed by atoms with Gasteiger partial charge < -0.3 is 0 Å². The Kier molecular flexibility index (Phi) is 3.49. The highest BCUT2D eigenvalue weighted by atomic mass is 15.0. The van der Waals surface area contributed by atoms with Crippen LogP contribution in [0.15, 0.2) is 30.3 Å². The Morgan fingerprint density at radius 1 is 1.41 bits per heavy atom. The van der Waals surface area contributed by atoms with Crippen LogP contribution < -0.4 is 5.32 Å². The fraction of sp³-hybridized carbons (Fsp3) is 0.533. The van der Waals surface area contributed by atoms with Gasteiger partial charge in [-0.3, -0.25) is 5.32 Å². The monoisotopic (exact) mass is 228 g/mol. The molecule has 0 bridgehead atoms. The molecule has 2 nitrogen and oxygen atoms in total. The van der Waals surface area contributed by atoms with Crippen LogP contribution in [0.2, 0.25) is 0 Å². The summed E-state index contributed by atoms with van der Waals surface area (Å²) in [6.45, 7) is 4.32. The number of rotatable bonds is 3. The van der Waals surface area contributed by atoms with E-state index < -0.39 is 0 Å². The van der Waals surface area contributed by atoms with Gasteiger partial charge in [-0.25, -0.2) is 0 Å². The average Bonchev–Trinajstić information content (AvgIpc) is 2.72. The highest BCUT2D eigenvalue weighted by Crippen LogP contribution is 2.36. The minimum Gasteiger partial charge on any atom is -0.293 e. The summed E-state index contributed by atoms with van der Waals surface area (Å²) in [7, 11) is 0. The van der Waals surface area contributed by atoms with E-state index in [4.69, 9.17) is 0 Å². The summed E-state index contributed by atoms with van der Waals surface area (Å²) in [6, 6.07) is 13.1. The van der Waals surface area contributed by atoms with Gasteiger partial charge in [0.05, 0.1) is 6.07 Å². The molecule has 0 aliphatic heterocycles. The molecule has 1 saturated carbocycles. The van der Waals surface area contributed by atoms with Crippen LogP contribution >= 0.6 is 0 Å². The highest BCUT2D eigenvalue weighted by Gasteiger charge is 2.41. The molecule has 1 fully saturated rings. The number of hydrogen-bond acceptors (Lipinski definition) is 2. The maximum Gasteiger partial charge on any atom is 0.109 e. The van der Waals surface area contributed by atoms with Gasteiger partial charge in [-0.2, -0.15) is 5.26 Å². The first-order valence-corrected chi connectivity index (χ1v) is 6.42. The number of hydrogen-bond donors (Lipinski definition) is 1. The summed E-state index contributed by atoms with van der Waals surface area (Å²) in [6.07, 6.45) is 3.28. The van der Waals surface area contributed by atoms with Gasteiger partial charge in [-0.15, -0.1) is 0 Å². The van der Waals surface area contributed by atoms with Gasteiger partial charge in [0.2, 0.25) is 0 Å². The van der Waals surface area contributed by atoms with Crippen molar-refractivity contribution in [2.24, 2.45) is 5.92 Å². The van der Waals surface area contributed by atoms with Gasteiger partial charge in [0, 0.05) is 6.04 Å². The van der Waals surface area contributed by atoms with Gasteiger partial charge in [0.15, 0.2) is 0 Å². The van der Waals surface area contributed by atoms with Crippen molar-refractivity contribution in [3.05, 3.63) is 35.9 Å². The van der Waals surface area contributed by atoms with Gasteiger partial charge in [0.1, 0.15) is 5.54 Å². The van der Waals surface area contributed by atoms with Crippen molar-refractivity contribution >= 4 is 0 Å². The average molecular weight is 228 g/mol. The van der Waals surface area contributed by atoms with Crippen LogP contribution in [0.5, 0.6) is 0 Å². The Labute approximate surface area is 104 Å². The largest absolute Gasteiger partial charge is 0.293 e. The van der Waals surface area contributed by atoms with Crippen molar-refractivity contribution in [3.63, 3.8) is 0 Å². The van der Waals surface area contributed by atoms with Crippen LogP contribution in [0.1, 0.15) is 44.7 Å². The fourth-order valence-corrected chi connectivity index (χ4v) is 2.80. The molecule has 1 N–H and O–H groups in total. The van der Waals surface area contributed by atoms with E-state index in [0.717, 1.165) is 19.3 Å². The first kappa shape index (κ1) is 12.1. The van der Waals surface area contributed by atoms with E-state index in [1.807, 2.05) is 18.2 Å². The second-order valence-corrected chi connectivity index (χ2v) is 5.15. The summed E-state index contributed by atoms with van der Waals surface area (Å²) in [4.78, 5) is 0. The van der Waals surface area contributed by atoms with Crippen molar-refractivity contribution in [3.8, 4) is 6.07 Å². The lowest BCUT2D eigenvalue weighted by Gasteiger charge is -2.31. The van der Waals surface area contributed by atoms with Gasteiger partial charge in [-0.05, 0) is 31.2 Å². The summed E-state index contributed by atoms with van der Waals surface area (Å²) in [5, 5.41) is 13.0. The van der Waals surface area contributed by atoms with Gasteiger partial charge in [0.25, 0.3) is 0 Å². The molecule has 0 radical (unpaired) electrons. The predicted octanol–water partition coefficient (Wildman–Crippen LogP) is 3.42. The maximum absolute atomic E-state index is 9.47. The third-order valence-electron chi connectivity index (χ3n) is 4.02. The molecule has 3 atom stereocenters. The molecule has 1 aliphatic carbocycles. The predicted molar refractivity (Wildman–Crippen MR) is 69.4 cm³/mol. The number of nitrogens with zero attached hydrogens (tertiary/aromatic N) is 1. The second-order valence-electron chi connectivity index (χ2n) is 5.15. The minimum atomic E-state index is -0.324. The van der Waals surface area contributed by atoms with Crippen LogP contribution in [-0.4, -0.2) is 5.54 Å². The quantitative estimate of drug-likeness (QED) is 0.860. The van der Waals surface area contributed by atoms with E-state index in [9.17, 15) is 5.26 Å². The Morgan fingerprint density at radius 3 is 2.65 bits per heavy atom. The van der Waals surface area contributed by atoms with Crippen molar-refractivity contribution in [1.82, 2.24) is 5.32 Å². The van der Waals surface area contributed by atoms with E-state index in [0.29, 0.717) is 5.92 Å². The van der Waals surface area contributed by atoms with Gasteiger partial charge in [-0.1, -0.05) is 43.7 Å². The van der Waals surface area contributed by atoms with Crippen LogP contribution in [0.25, 0.3) is 0 Å². The molecule has 0 amide bonds. The third-order valence-corrected chi connectivity index (χ3v) is 4.02. The molecule has 1 aromatic carbocycles. The normalized spacial score (nSPS) is 29.8. The van der Waals surface area contributed by atoms with Crippen molar-refractivity contribution in [1.29, 1.82) is 5.26 Å². The molecule has 1 aromatic rings. The second kappa shape index (κ2) is 4.89. The Bertz CT molecular complexity index is 407. The van der Waals surface area contributed by atoms with E-state index in [1.54, 1.807) is 0 Å². The topological polar surface area (TPSA) is 35.8 Å². The summed E-state index contributed by atoms with van der Waals surface area (Å²) in [5.41, 5.74) is 0.927. The molecule has 0 heterocycles. The number of nitrogens with one attached hydrogen (secondary N) is 1. The van der Waals surface area contributed by atoms with E-state index in [2.05, 4.69) is 37.4 Å². The Hall–Kier alpha value is -1.33. The third kappa shape index (κ3) is 2.35. The zero-order valence-electron chi connectivity index (χ0n) is 10.6. The maximum atomic E-state index is 9.47. The lowest BCUT2D eigenvalue weighted by Crippen LogP contribution is -2.47. The Balaban J connectivity index is 2.13. The molecule has 0 spiro atoms. The summed E-state index contributed by atoms with van der Waals surface area (Å²) >= 11 is 0. The number of benzene rings is 1. The molecule has 2 rings (SSSR count). The molecule has 0 saturated heterocycles. The summed E-state index contributed by atoms with van der Waals surface area (Å²) < 4.78 is 0. The Morgan fingerprint density at radius 2 is 2.12 bits per heavy atom. The lowest BCUT2D eigenvalue weighted by atomic mass is 9.88. The van der Waals surface area contributed by atoms with Crippen molar-refractivity contribution < 1.29 is 0 Å². The van der Waals surface area contributed by atoms with Crippen molar-refractivity contribution in [2.75, 3.05) is 0 Å². The first-order valence-electron chi connectivity index (χ1n) is 6.42. The summed E-state index contributed by atoms with van der Waals surface area (Å²) in [5.74, 6) is 0.443. The standard InChI is InChI=1S/C15H20N2/c1-12-7-6-10-15(12,11-16)17-13(2)14-8-4-3-5-9-14/h3-5,8-9,12-13,17H,6-7,10H2,1-2H3/t12-,13+,15+/m0/s1. The molecule has 0 unspecified atom stereocenters. The molecule has 0 aromatic heterocycles. The van der Waals surface area contributed by atoms with Crippen LogP contribution in [-0.2, 0) is 0 Å². The van der Waals surface area contributed by atoms with Crippen LogP contribution in [0.3, 0.4) is 0 Å². The molecule has 17 heavy (non-hydrogen) atoms. The molecular weight excluding hydrogens is 208 g/mol. The zero-order chi connectivity index (χ0) is 12.3. The molecule has 2 heteroatoms.